The Bertz CT molecular complexity index is 600. The third-order valence-electron chi connectivity index (χ3n) is 2.63. The summed E-state index contributed by atoms with van der Waals surface area (Å²) in [6, 6.07) is 7.50. The molecule has 0 aliphatic carbocycles. The first kappa shape index (κ1) is 15.6. The number of anilines is 2. The molecule has 0 aliphatic heterocycles. The molecule has 1 heterocycles. The molecule has 0 saturated carbocycles. The van der Waals surface area contributed by atoms with Gasteiger partial charge in [0.15, 0.2) is 0 Å². The van der Waals surface area contributed by atoms with E-state index in [2.05, 4.69) is 31.2 Å². The van der Waals surface area contributed by atoms with Crippen LogP contribution in [0.15, 0.2) is 28.9 Å². The van der Waals surface area contributed by atoms with Crippen LogP contribution in [0.25, 0.3) is 0 Å². The van der Waals surface area contributed by atoms with E-state index in [1.807, 2.05) is 45.0 Å². The highest BCUT2D eigenvalue weighted by atomic mass is 79.9. The quantitative estimate of drug-likeness (QED) is 0.794. The SMILES string of the molecule is CCOc1ccc(OCC)c(Nc2cc(Br)nc(C)n2)c1. The van der Waals surface area contributed by atoms with Crippen molar-refractivity contribution in [2.75, 3.05) is 18.5 Å². The van der Waals surface area contributed by atoms with E-state index in [9.17, 15) is 0 Å². The van der Waals surface area contributed by atoms with Gasteiger partial charge in [0.2, 0.25) is 0 Å². The van der Waals surface area contributed by atoms with Crippen molar-refractivity contribution >= 4 is 27.4 Å². The number of nitrogens with one attached hydrogen (secondary N) is 1. The van der Waals surface area contributed by atoms with Gasteiger partial charge in [0.1, 0.15) is 27.7 Å². The summed E-state index contributed by atoms with van der Waals surface area (Å²) < 4.78 is 11.9. The Morgan fingerprint density at radius 2 is 1.86 bits per heavy atom. The molecule has 0 saturated heterocycles. The smallest absolute Gasteiger partial charge is 0.143 e. The van der Waals surface area contributed by atoms with Crippen LogP contribution in [0.4, 0.5) is 11.5 Å². The van der Waals surface area contributed by atoms with E-state index in [4.69, 9.17) is 9.47 Å². The van der Waals surface area contributed by atoms with E-state index in [1.165, 1.54) is 0 Å². The van der Waals surface area contributed by atoms with Crippen LogP contribution in [-0.4, -0.2) is 23.2 Å². The fourth-order valence-corrected chi connectivity index (χ4v) is 2.35. The van der Waals surface area contributed by atoms with Gasteiger partial charge < -0.3 is 14.8 Å². The Morgan fingerprint density at radius 1 is 1.10 bits per heavy atom. The van der Waals surface area contributed by atoms with Gasteiger partial charge >= 0.3 is 0 Å². The van der Waals surface area contributed by atoms with Crippen LogP contribution in [0.2, 0.25) is 0 Å². The van der Waals surface area contributed by atoms with Crippen LogP contribution < -0.4 is 14.8 Å². The van der Waals surface area contributed by atoms with E-state index in [0.29, 0.717) is 24.9 Å². The largest absolute Gasteiger partial charge is 0.494 e. The van der Waals surface area contributed by atoms with Gasteiger partial charge in [-0.15, -0.1) is 0 Å². The third-order valence-corrected chi connectivity index (χ3v) is 3.04. The highest BCUT2D eigenvalue weighted by Crippen LogP contribution is 2.31. The van der Waals surface area contributed by atoms with E-state index in [-0.39, 0.29) is 0 Å². The fourth-order valence-electron chi connectivity index (χ4n) is 1.88. The fraction of sp³-hybridized carbons (Fsp3) is 0.333. The predicted octanol–water partition coefficient (Wildman–Crippen LogP) is 4.09. The first-order valence-corrected chi connectivity index (χ1v) is 7.59. The number of rotatable bonds is 6. The van der Waals surface area contributed by atoms with Crippen molar-refractivity contribution in [1.82, 2.24) is 9.97 Å². The number of halogens is 1. The molecule has 0 unspecified atom stereocenters. The monoisotopic (exact) mass is 351 g/mol. The molecular weight excluding hydrogens is 334 g/mol. The van der Waals surface area contributed by atoms with Gasteiger partial charge in [-0.2, -0.15) is 0 Å². The van der Waals surface area contributed by atoms with Gasteiger partial charge in [-0.05, 0) is 48.8 Å². The number of benzene rings is 1. The summed E-state index contributed by atoms with van der Waals surface area (Å²) in [7, 11) is 0. The van der Waals surface area contributed by atoms with Crippen molar-refractivity contribution in [3.8, 4) is 11.5 Å². The highest BCUT2D eigenvalue weighted by molar-refractivity contribution is 9.10. The Balaban J connectivity index is 2.32. The van der Waals surface area contributed by atoms with Crippen molar-refractivity contribution in [2.24, 2.45) is 0 Å². The Kier molecular flexibility index (Phi) is 5.38. The first-order chi connectivity index (χ1) is 10.1. The average molecular weight is 352 g/mol. The lowest BCUT2D eigenvalue weighted by Crippen LogP contribution is -2.02. The Labute approximate surface area is 132 Å². The molecule has 0 fully saturated rings. The van der Waals surface area contributed by atoms with Crippen LogP contribution in [0.1, 0.15) is 19.7 Å². The molecular formula is C15H18BrN3O2. The van der Waals surface area contributed by atoms with Crippen LogP contribution in [0.3, 0.4) is 0 Å². The summed E-state index contributed by atoms with van der Waals surface area (Å²) in [5, 5.41) is 3.25. The lowest BCUT2D eigenvalue weighted by atomic mass is 10.2. The van der Waals surface area contributed by atoms with Crippen molar-refractivity contribution < 1.29 is 9.47 Å². The van der Waals surface area contributed by atoms with Crippen molar-refractivity contribution in [3.05, 3.63) is 34.7 Å². The Morgan fingerprint density at radius 3 is 2.52 bits per heavy atom. The summed E-state index contributed by atoms with van der Waals surface area (Å²) in [6.07, 6.45) is 0. The minimum Gasteiger partial charge on any atom is -0.494 e. The van der Waals surface area contributed by atoms with Crippen LogP contribution >= 0.6 is 15.9 Å². The number of hydrogen-bond donors (Lipinski definition) is 1. The van der Waals surface area contributed by atoms with Gasteiger partial charge in [-0.25, -0.2) is 9.97 Å². The number of aromatic nitrogens is 2. The molecule has 1 aromatic heterocycles. The minimum atomic E-state index is 0.592. The molecule has 2 rings (SSSR count). The molecule has 5 nitrogen and oxygen atoms in total. The zero-order valence-corrected chi connectivity index (χ0v) is 13.9. The molecule has 0 spiro atoms. The summed E-state index contributed by atoms with van der Waals surface area (Å²) in [4.78, 5) is 8.55. The van der Waals surface area contributed by atoms with E-state index < -0.39 is 0 Å². The molecule has 2 aromatic rings. The number of ether oxygens (including phenoxy) is 2. The molecule has 0 atom stereocenters. The lowest BCUT2D eigenvalue weighted by Gasteiger charge is -2.14. The van der Waals surface area contributed by atoms with E-state index in [0.717, 1.165) is 21.8 Å². The Hall–Kier alpha value is -1.82. The molecule has 1 aromatic carbocycles. The van der Waals surface area contributed by atoms with E-state index >= 15 is 0 Å². The number of aryl methyl sites for hydroxylation is 1. The summed E-state index contributed by atoms with van der Waals surface area (Å²) in [6.45, 7) is 6.96. The zero-order chi connectivity index (χ0) is 15.2. The van der Waals surface area contributed by atoms with Crippen LogP contribution in [-0.2, 0) is 0 Å². The molecule has 0 aliphatic rings. The highest BCUT2D eigenvalue weighted by Gasteiger charge is 2.08. The summed E-state index contributed by atoms with van der Waals surface area (Å²) >= 11 is 3.37. The van der Waals surface area contributed by atoms with Crippen LogP contribution in [0.5, 0.6) is 11.5 Å². The van der Waals surface area contributed by atoms with Crippen molar-refractivity contribution in [1.29, 1.82) is 0 Å². The summed E-state index contributed by atoms with van der Waals surface area (Å²) in [5.74, 6) is 2.93. The second kappa shape index (κ2) is 7.26. The number of hydrogen-bond acceptors (Lipinski definition) is 5. The molecule has 0 radical (unpaired) electrons. The minimum absolute atomic E-state index is 0.592. The molecule has 21 heavy (non-hydrogen) atoms. The maximum atomic E-state index is 5.63. The first-order valence-electron chi connectivity index (χ1n) is 6.80. The lowest BCUT2D eigenvalue weighted by molar-refractivity contribution is 0.332. The molecule has 112 valence electrons. The standard InChI is InChI=1S/C15H18BrN3O2/c1-4-20-11-6-7-13(21-5-2)12(8-11)19-15-9-14(16)17-10(3)18-15/h6-9H,4-5H2,1-3H3,(H,17,18,19). The second-order valence-corrected chi connectivity index (χ2v) is 5.08. The van der Waals surface area contributed by atoms with Gasteiger partial charge in [-0.1, -0.05) is 0 Å². The van der Waals surface area contributed by atoms with Crippen molar-refractivity contribution in [3.63, 3.8) is 0 Å². The predicted molar refractivity (Wildman–Crippen MR) is 86.5 cm³/mol. The van der Waals surface area contributed by atoms with Crippen molar-refractivity contribution in [2.45, 2.75) is 20.8 Å². The molecule has 0 amide bonds. The second-order valence-electron chi connectivity index (χ2n) is 4.27. The molecule has 6 heteroatoms. The third kappa shape index (κ3) is 4.32. The van der Waals surface area contributed by atoms with Crippen LogP contribution in [0, 0.1) is 6.92 Å². The van der Waals surface area contributed by atoms with Gasteiger partial charge in [0.05, 0.1) is 18.9 Å². The number of nitrogens with zero attached hydrogens (tertiary/aromatic N) is 2. The van der Waals surface area contributed by atoms with Gasteiger partial charge in [0.25, 0.3) is 0 Å². The maximum Gasteiger partial charge on any atom is 0.143 e. The van der Waals surface area contributed by atoms with Gasteiger partial charge in [0, 0.05) is 12.1 Å². The topological polar surface area (TPSA) is 56.3 Å². The molecule has 1 N–H and O–H groups in total. The summed E-state index contributed by atoms with van der Waals surface area (Å²) in [5.41, 5.74) is 0.813. The zero-order valence-electron chi connectivity index (χ0n) is 12.3. The average Bonchev–Trinajstić information content (AvgIpc) is 2.41. The van der Waals surface area contributed by atoms with Gasteiger partial charge in [-0.3, -0.25) is 0 Å². The maximum absolute atomic E-state index is 5.63. The van der Waals surface area contributed by atoms with E-state index in [1.54, 1.807) is 0 Å². The molecule has 0 bridgehead atoms. The normalized spacial score (nSPS) is 10.3.